The van der Waals surface area contributed by atoms with Crippen molar-refractivity contribution < 1.29 is 18.5 Å². The number of aromatic nitrogens is 2. The van der Waals surface area contributed by atoms with Crippen LogP contribution in [0.2, 0.25) is 0 Å². The predicted molar refractivity (Wildman–Crippen MR) is 100 cm³/mol. The maximum atomic E-state index is 12.3. The smallest absolute Gasteiger partial charge is 0.336 e. The average Bonchev–Trinajstić information content (AvgIpc) is 3.43. The van der Waals surface area contributed by atoms with Gasteiger partial charge in [-0.05, 0) is 43.9 Å². The SMILES string of the molecule is CCc1cc(=O)oc2cc(OC(C)C(=O)NCc3noc(C4CC4)n3)ccc12. The molecule has 4 rings (SSSR count). The maximum absolute atomic E-state index is 12.3. The Morgan fingerprint density at radius 2 is 2.18 bits per heavy atom. The van der Waals surface area contributed by atoms with Crippen LogP contribution in [-0.4, -0.2) is 22.2 Å². The van der Waals surface area contributed by atoms with Gasteiger partial charge < -0.3 is 19.0 Å². The topological polar surface area (TPSA) is 107 Å². The Labute approximate surface area is 160 Å². The molecule has 1 N–H and O–H groups in total. The van der Waals surface area contributed by atoms with E-state index in [-0.39, 0.29) is 12.5 Å². The van der Waals surface area contributed by atoms with Gasteiger partial charge in [0.2, 0.25) is 5.89 Å². The highest BCUT2D eigenvalue weighted by molar-refractivity contribution is 5.82. The van der Waals surface area contributed by atoms with Crippen LogP contribution in [0.5, 0.6) is 5.75 Å². The summed E-state index contributed by atoms with van der Waals surface area (Å²) in [4.78, 5) is 28.2. The summed E-state index contributed by atoms with van der Waals surface area (Å²) in [5.41, 5.74) is 0.945. The van der Waals surface area contributed by atoms with Crippen molar-refractivity contribution >= 4 is 16.9 Å². The van der Waals surface area contributed by atoms with E-state index in [2.05, 4.69) is 15.5 Å². The Kier molecular flexibility index (Phi) is 4.85. The first kappa shape index (κ1) is 18.2. The van der Waals surface area contributed by atoms with Gasteiger partial charge in [-0.3, -0.25) is 4.79 Å². The Hall–Kier alpha value is -3.16. The normalized spacial score (nSPS) is 14.8. The largest absolute Gasteiger partial charge is 0.481 e. The fourth-order valence-corrected chi connectivity index (χ4v) is 2.98. The molecule has 1 atom stereocenters. The van der Waals surface area contributed by atoms with Gasteiger partial charge in [-0.15, -0.1) is 0 Å². The van der Waals surface area contributed by atoms with Gasteiger partial charge in [0, 0.05) is 23.4 Å². The van der Waals surface area contributed by atoms with Crippen molar-refractivity contribution in [2.24, 2.45) is 0 Å². The highest BCUT2D eigenvalue weighted by atomic mass is 16.5. The first-order chi connectivity index (χ1) is 13.5. The van der Waals surface area contributed by atoms with Crippen LogP contribution in [0.25, 0.3) is 11.0 Å². The number of hydrogen-bond acceptors (Lipinski definition) is 7. The van der Waals surface area contributed by atoms with Crippen molar-refractivity contribution in [1.29, 1.82) is 0 Å². The Bertz CT molecular complexity index is 1070. The summed E-state index contributed by atoms with van der Waals surface area (Å²) in [5, 5.41) is 7.46. The minimum absolute atomic E-state index is 0.176. The van der Waals surface area contributed by atoms with Gasteiger partial charge in [0.15, 0.2) is 11.9 Å². The zero-order valence-corrected chi connectivity index (χ0v) is 15.7. The maximum Gasteiger partial charge on any atom is 0.336 e. The van der Waals surface area contributed by atoms with Crippen molar-refractivity contribution in [3.05, 3.63) is 52.0 Å². The number of rotatable bonds is 7. The number of carbonyl (C=O) groups excluding carboxylic acids is 1. The first-order valence-electron chi connectivity index (χ1n) is 9.37. The monoisotopic (exact) mass is 383 g/mol. The molecule has 8 nitrogen and oxygen atoms in total. The molecule has 146 valence electrons. The third-order valence-electron chi connectivity index (χ3n) is 4.70. The van der Waals surface area contributed by atoms with Crippen molar-refractivity contribution in [1.82, 2.24) is 15.5 Å². The van der Waals surface area contributed by atoms with Gasteiger partial charge in [-0.2, -0.15) is 4.98 Å². The second-order valence-corrected chi connectivity index (χ2v) is 6.90. The van der Waals surface area contributed by atoms with Crippen LogP contribution in [0.15, 0.2) is 38.0 Å². The summed E-state index contributed by atoms with van der Waals surface area (Å²) in [7, 11) is 0. The summed E-state index contributed by atoms with van der Waals surface area (Å²) in [6.07, 6.45) is 2.13. The van der Waals surface area contributed by atoms with Crippen LogP contribution < -0.4 is 15.7 Å². The van der Waals surface area contributed by atoms with Crippen LogP contribution in [0.1, 0.15) is 49.9 Å². The molecule has 2 aromatic heterocycles. The lowest BCUT2D eigenvalue weighted by molar-refractivity contribution is -0.127. The number of hydrogen-bond donors (Lipinski definition) is 1. The summed E-state index contributed by atoms with van der Waals surface area (Å²) in [5.74, 6) is 1.60. The quantitative estimate of drug-likeness (QED) is 0.625. The zero-order valence-electron chi connectivity index (χ0n) is 15.7. The van der Waals surface area contributed by atoms with Gasteiger partial charge in [-0.25, -0.2) is 4.79 Å². The van der Waals surface area contributed by atoms with E-state index in [0.29, 0.717) is 29.0 Å². The van der Waals surface area contributed by atoms with Gasteiger partial charge in [0.05, 0.1) is 6.54 Å². The summed E-state index contributed by atoms with van der Waals surface area (Å²) in [6.45, 7) is 3.79. The van der Waals surface area contributed by atoms with Crippen LogP contribution in [0, 0.1) is 0 Å². The number of fused-ring (bicyclic) bond motifs is 1. The molecule has 1 aliphatic rings. The summed E-state index contributed by atoms with van der Waals surface area (Å²) < 4.78 is 16.1. The van der Waals surface area contributed by atoms with Crippen LogP contribution >= 0.6 is 0 Å². The molecule has 0 aliphatic heterocycles. The molecule has 1 fully saturated rings. The molecule has 1 amide bonds. The van der Waals surface area contributed by atoms with Crippen LogP contribution in [0.4, 0.5) is 0 Å². The molecule has 1 saturated carbocycles. The van der Waals surface area contributed by atoms with Crippen molar-refractivity contribution in [2.45, 2.75) is 51.7 Å². The molecule has 1 aliphatic carbocycles. The van der Waals surface area contributed by atoms with Gasteiger partial charge in [0.25, 0.3) is 5.91 Å². The molecular formula is C20H21N3O5. The molecule has 1 aromatic carbocycles. The zero-order chi connectivity index (χ0) is 19.7. The van der Waals surface area contributed by atoms with Crippen molar-refractivity contribution in [3.63, 3.8) is 0 Å². The average molecular weight is 383 g/mol. The fraction of sp³-hybridized carbons (Fsp3) is 0.400. The fourth-order valence-electron chi connectivity index (χ4n) is 2.98. The van der Waals surface area contributed by atoms with E-state index in [0.717, 1.165) is 30.2 Å². The summed E-state index contributed by atoms with van der Waals surface area (Å²) in [6, 6.07) is 6.70. The highest BCUT2D eigenvalue weighted by Crippen LogP contribution is 2.38. The van der Waals surface area contributed by atoms with E-state index in [1.54, 1.807) is 19.1 Å². The lowest BCUT2D eigenvalue weighted by atomic mass is 10.1. The Balaban J connectivity index is 1.39. The highest BCUT2D eigenvalue weighted by Gasteiger charge is 2.29. The molecule has 1 unspecified atom stereocenters. The molecular weight excluding hydrogens is 362 g/mol. The molecule has 0 radical (unpaired) electrons. The number of benzene rings is 1. The molecule has 0 bridgehead atoms. The number of aryl methyl sites for hydroxylation is 1. The van der Waals surface area contributed by atoms with E-state index in [9.17, 15) is 9.59 Å². The van der Waals surface area contributed by atoms with E-state index >= 15 is 0 Å². The van der Waals surface area contributed by atoms with Crippen molar-refractivity contribution in [2.75, 3.05) is 0 Å². The third-order valence-corrected chi connectivity index (χ3v) is 4.70. The van der Waals surface area contributed by atoms with Crippen LogP contribution in [0.3, 0.4) is 0 Å². The molecule has 3 aromatic rings. The standard InChI is InChI=1S/C20H21N3O5/c1-3-12-8-18(24)27-16-9-14(6-7-15(12)16)26-11(2)19(25)21-10-17-22-20(28-23-17)13-4-5-13/h6-9,11,13H,3-5,10H2,1-2H3,(H,21,25). The second kappa shape index (κ2) is 7.46. The number of carbonyl (C=O) groups is 1. The lowest BCUT2D eigenvalue weighted by Gasteiger charge is -2.14. The summed E-state index contributed by atoms with van der Waals surface area (Å²) >= 11 is 0. The van der Waals surface area contributed by atoms with E-state index in [4.69, 9.17) is 13.7 Å². The number of amides is 1. The third kappa shape index (κ3) is 3.90. The predicted octanol–water partition coefficient (Wildman–Crippen LogP) is 2.70. The number of nitrogens with zero attached hydrogens (tertiary/aromatic N) is 2. The molecule has 2 heterocycles. The van der Waals surface area contributed by atoms with Gasteiger partial charge in [0.1, 0.15) is 11.3 Å². The second-order valence-electron chi connectivity index (χ2n) is 6.90. The van der Waals surface area contributed by atoms with E-state index in [1.807, 2.05) is 13.0 Å². The molecule has 28 heavy (non-hydrogen) atoms. The minimum atomic E-state index is -0.742. The first-order valence-corrected chi connectivity index (χ1v) is 9.37. The lowest BCUT2D eigenvalue weighted by Crippen LogP contribution is -2.36. The van der Waals surface area contributed by atoms with Crippen molar-refractivity contribution in [3.8, 4) is 5.75 Å². The molecule has 0 saturated heterocycles. The van der Waals surface area contributed by atoms with E-state index in [1.165, 1.54) is 6.07 Å². The van der Waals surface area contributed by atoms with Crippen LogP contribution in [-0.2, 0) is 17.8 Å². The number of nitrogens with one attached hydrogen (secondary N) is 1. The Morgan fingerprint density at radius 1 is 1.36 bits per heavy atom. The van der Waals surface area contributed by atoms with E-state index < -0.39 is 11.7 Å². The van der Waals surface area contributed by atoms with Gasteiger partial charge in [-0.1, -0.05) is 12.1 Å². The Morgan fingerprint density at radius 3 is 2.93 bits per heavy atom. The molecule has 0 spiro atoms. The number of ether oxygens (including phenoxy) is 1. The minimum Gasteiger partial charge on any atom is -0.481 e. The molecule has 8 heteroatoms. The van der Waals surface area contributed by atoms with Gasteiger partial charge >= 0.3 is 5.63 Å².